The molecule has 0 spiro atoms. The summed E-state index contributed by atoms with van der Waals surface area (Å²) in [4.78, 5) is 33.9. The maximum Gasteiger partial charge on any atom is 0.288 e. The van der Waals surface area contributed by atoms with Crippen molar-refractivity contribution in [3.8, 4) is 0 Å². The van der Waals surface area contributed by atoms with E-state index in [4.69, 9.17) is 11.6 Å². The largest absolute Gasteiger partial charge is 0.326 e. The first-order chi connectivity index (χ1) is 12.8. The van der Waals surface area contributed by atoms with E-state index in [9.17, 15) is 19.7 Å². The topological polar surface area (TPSA) is 101 Å². The van der Waals surface area contributed by atoms with E-state index in [2.05, 4.69) is 10.6 Å². The van der Waals surface area contributed by atoms with Gasteiger partial charge in [0, 0.05) is 29.4 Å². The Morgan fingerprint density at radius 3 is 2.22 bits per heavy atom. The second-order valence-corrected chi connectivity index (χ2v) is 6.42. The SMILES string of the molecule is CC(C)C(=O)Nc1ccc(NC(=O)C=Cc2ccc(Cl)c([N+](=O)[O-])c2)cc1. The number of amides is 2. The van der Waals surface area contributed by atoms with Gasteiger partial charge in [0.1, 0.15) is 5.02 Å². The fourth-order valence-corrected chi connectivity index (χ4v) is 2.24. The van der Waals surface area contributed by atoms with Crippen molar-refractivity contribution in [3.63, 3.8) is 0 Å². The second kappa shape index (κ2) is 8.95. The Hall–Kier alpha value is -3.19. The van der Waals surface area contributed by atoms with Gasteiger partial charge in [0.15, 0.2) is 0 Å². The minimum Gasteiger partial charge on any atom is -0.326 e. The standard InChI is InChI=1S/C19H18ClN3O4/c1-12(2)19(25)22-15-7-5-14(6-8-15)21-18(24)10-4-13-3-9-16(20)17(11-13)23(26)27/h3-12H,1-2H3,(H,21,24)(H,22,25). The first kappa shape index (κ1) is 20.1. The third kappa shape index (κ3) is 5.93. The molecule has 0 fully saturated rings. The van der Waals surface area contributed by atoms with E-state index in [0.29, 0.717) is 16.9 Å². The van der Waals surface area contributed by atoms with E-state index in [1.54, 1.807) is 44.2 Å². The maximum absolute atomic E-state index is 12.0. The van der Waals surface area contributed by atoms with Crippen LogP contribution in [-0.4, -0.2) is 16.7 Å². The predicted molar refractivity (Wildman–Crippen MR) is 106 cm³/mol. The minimum absolute atomic E-state index is 0.0336. The third-order valence-electron chi connectivity index (χ3n) is 3.54. The number of hydrogen-bond acceptors (Lipinski definition) is 4. The van der Waals surface area contributed by atoms with Crippen molar-refractivity contribution in [3.05, 3.63) is 69.2 Å². The molecule has 2 N–H and O–H groups in total. The van der Waals surface area contributed by atoms with Crippen LogP contribution in [0.25, 0.3) is 6.08 Å². The van der Waals surface area contributed by atoms with Crippen molar-refractivity contribution in [1.82, 2.24) is 0 Å². The lowest BCUT2D eigenvalue weighted by Gasteiger charge is -2.08. The van der Waals surface area contributed by atoms with E-state index < -0.39 is 10.8 Å². The van der Waals surface area contributed by atoms with Crippen molar-refractivity contribution >= 4 is 46.6 Å². The molecule has 2 amide bonds. The molecule has 7 nitrogen and oxygen atoms in total. The number of benzene rings is 2. The van der Waals surface area contributed by atoms with Crippen molar-refractivity contribution in [2.75, 3.05) is 10.6 Å². The van der Waals surface area contributed by atoms with Gasteiger partial charge >= 0.3 is 0 Å². The lowest BCUT2D eigenvalue weighted by Crippen LogP contribution is -2.17. The molecule has 8 heteroatoms. The van der Waals surface area contributed by atoms with Crippen LogP contribution in [-0.2, 0) is 9.59 Å². The first-order valence-electron chi connectivity index (χ1n) is 8.10. The molecule has 0 aliphatic rings. The predicted octanol–water partition coefficient (Wildman–Crippen LogP) is 4.49. The molecule has 2 rings (SSSR count). The van der Waals surface area contributed by atoms with Crippen LogP contribution in [0.2, 0.25) is 5.02 Å². The lowest BCUT2D eigenvalue weighted by molar-refractivity contribution is -0.384. The van der Waals surface area contributed by atoms with Crippen LogP contribution in [0.3, 0.4) is 0 Å². The monoisotopic (exact) mass is 387 g/mol. The van der Waals surface area contributed by atoms with Crippen molar-refractivity contribution in [2.45, 2.75) is 13.8 Å². The molecule has 0 atom stereocenters. The van der Waals surface area contributed by atoms with E-state index in [1.165, 1.54) is 24.3 Å². The van der Waals surface area contributed by atoms with Crippen LogP contribution in [0.1, 0.15) is 19.4 Å². The van der Waals surface area contributed by atoms with Gasteiger partial charge in [-0.25, -0.2) is 0 Å². The fourth-order valence-electron chi connectivity index (χ4n) is 2.05. The van der Waals surface area contributed by atoms with E-state index in [-0.39, 0.29) is 22.5 Å². The number of anilines is 2. The van der Waals surface area contributed by atoms with Crippen LogP contribution in [0.5, 0.6) is 0 Å². The van der Waals surface area contributed by atoms with Gasteiger partial charge in [0.2, 0.25) is 11.8 Å². The van der Waals surface area contributed by atoms with Crippen molar-refractivity contribution in [1.29, 1.82) is 0 Å². The number of hydrogen-bond donors (Lipinski definition) is 2. The van der Waals surface area contributed by atoms with Gasteiger partial charge in [-0.1, -0.05) is 31.5 Å². The molecule has 2 aromatic carbocycles. The highest BCUT2D eigenvalue weighted by Gasteiger charge is 2.12. The molecule has 2 aromatic rings. The molecule has 0 bridgehead atoms. The van der Waals surface area contributed by atoms with Gasteiger partial charge in [-0.15, -0.1) is 0 Å². The summed E-state index contributed by atoms with van der Waals surface area (Å²) in [5.74, 6) is -0.614. The number of nitro benzene ring substituents is 1. The number of rotatable bonds is 6. The zero-order valence-electron chi connectivity index (χ0n) is 14.7. The van der Waals surface area contributed by atoms with Gasteiger partial charge in [0.25, 0.3) is 5.69 Å². The van der Waals surface area contributed by atoms with Crippen LogP contribution in [0, 0.1) is 16.0 Å². The number of nitro groups is 1. The van der Waals surface area contributed by atoms with Crippen LogP contribution < -0.4 is 10.6 Å². The van der Waals surface area contributed by atoms with Gasteiger partial charge < -0.3 is 10.6 Å². The minimum atomic E-state index is -0.584. The summed E-state index contributed by atoms with van der Waals surface area (Å²) >= 11 is 5.75. The van der Waals surface area contributed by atoms with Gasteiger partial charge in [-0.3, -0.25) is 19.7 Å². The Labute approximate surface area is 161 Å². The summed E-state index contributed by atoms with van der Waals surface area (Å²) in [6, 6.07) is 11.0. The summed E-state index contributed by atoms with van der Waals surface area (Å²) in [6.45, 7) is 3.59. The molecular weight excluding hydrogens is 370 g/mol. The average Bonchev–Trinajstić information content (AvgIpc) is 2.62. The van der Waals surface area contributed by atoms with Gasteiger partial charge in [-0.05, 0) is 42.0 Å². The number of nitrogens with zero attached hydrogens (tertiary/aromatic N) is 1. The molecule has 0 heterocycles. The zero-order valence-corrected chi connectivity index (χ0v) is 15.5. The Bertz CT molecular complexity index is 892. The highest BCUT2D eigenvalue weighted by atomic mass is 35.5. The third-order valence-corrected chi connectivity index (χ3v) is 3.86. The molecule has 27 heavy (non-hydrogen) atoms. The highest BCUT2D eigenvalue weighted by molar-refractivity contribution is 6.32. The number of carbonyl (C=O) groups excluding carboxylic acids is 2. The van der Waals surface area contributed by atoms with E-state index in [0.717, 1.165) is 0 Å². The van der Waals surface area contributed by atoms with Crippen molar-refractivity contribution < 1.29 is 14.5 Å². The van der Waals surface area contributed by atoms with Crippen LogP contribution >= 0.6 is 11.6 Å². The Morgan fingerprint density at radius 1 is 1.07 bits per heavy atom. The normalized spacial score (nSPS) is 10.8. The lowest BCUT2D eigenvalue weighted by atomic mass is 10.2. The van der Waals surface area contributed by atoms with Crippen molar-refractivity contribution in [2.24, 2.45) is 5.92 Å². The molecular formula is C19H18ClN3O4. The summed E-state index contributed by atoms with van der Waals surface area (Å²) in [5.41, 5.74) is 1.44. The smallest absolute Gasteiger partial charge is 0.288 e. The number of halogens is 1. The quantitative estimate of drug-likeness (QED) is 0.433. The molecule has 140 valence electrons. The molecule has 0 saturated carbocycles. The Balaban J connectivity index is 1.99. The number of carbonyl (C=O) groups is 2. The van der Waals surface area contributed by atoms with E-state index in [1.807, 2.05) is 0 Å². The Kier molecular flexibility index (Phi) is 6.67. The summed E-state index contributed by atoms with van der Waals surface area (Å²) < 4.78 is 0. The van der Waals surface area contributed by atoms with Gasteiger partial charge in [0.05, 0.1) is 4.92 Å². The van der Waals surface area contributed by atoms with Crippen LogP contribution in [0.4, 0.5) is 17.1 Å². The van der Waals surface area contributed by atoms with E-state index >= 15 is 0 Å². The molecule has 0 aliphatic heterocycles. The number of nitrogens with one attached hydrogen (secondary N) is 2. The zero-order chi connectivity index (χ0) is 20.0. The summed E-state index contributed by atoms with van der Waals surface area (Å²) in [6.07, 6.45) is 2.72. The highest BCUT2D eigenvalue weighted by Crippen LogP contribution is 2.25. The summed E-state index contributed by atoms with van der Waals surface area (Å²) in [7, 11) is 0. The van der Waals surface area contributed by atoms with Gasteiger partial charge in [-0.2, -0.15) is 0 Å². The molecule has 0 aromatic heterocycles. The molecule has 0 radical (unpaired) electrons. The first-order valence-corrected chi connectivity index (χ1v) is 8.48. The Morgan fingerprint density at radius 2 is 1.67 bits per heavy atom. The second-order valence-electron chi connectivity index (χ2n) is 6.01. The molecule has 0 saturated heterocycles. The maximum atomic E-state index is 12.0. The molecule has 0 unspecified atom stereocenters. The summed E-state index contributed by atoms with van der Waals surface area (Å²) in [5, 5.41) is 16.3. The average molecular weight is 388 g/mol. The van der Waals surface area contributed by atoms with Crippen LogP contribution in [0.15, 0.2) is 48.5 Å². The fraction of sp³-hybridized carbons (Fsp3) is 0.158. The molecule has 0 aliphatic carbocycles.